The maximum absolute atomic E-state index is 12.3. The number of hydrogen-bond donors (Lipinski definition) is 1. The molecule has 7 nitrogen and oxygen atoms in total. The number of hydrogen-bond acceptors (Lipinski definition) is 6. The fourth-order valence-electron chi connectivity index (χ4n) is 2.50. The quantitative estimate of drug-likeness (QED) is 0.535. The van der Waals surface area contributed by atoms with Crippen molar-refractivity contribution in [1.82, 2.24) is 9.78 Å². The average molecular weight is 393 g/mol. The third-order valence-electron chi connectivity index (χ3n) is 3.73. The first-order chi connectivity index (χ1) is 13.7. The highest BCUT2D eigenvalue weighted by atomic mass is 32.1. The molecule has 28 heavy (non-hydrogen) atoms. The highest BCUT2D eigenvalue weighted by Gasteiger charge is 2.14. The minimum Gasteiger partial charge on any atom is -0.457 e. The molecule has 0 atom stereocenters. The first-order valence-electron chi connectivity index (χ1n) is 8.42. The Morgan fingerprint density at radius 2 is 1.89 bits per heavy atom. The van der Waals surface area contributed by atoms with Gasteiger partial charge >= 0.3 is 5.76 Å². The van der Waals surface area contributed by atoms with Crippen LogP contribution >= 0.6 is 11.3 Å². The normalized spacial score (nSPS) is 10.6. The standard InChI is InChI=1S/C20H15N3O4S/c24-18(13-23-20(25)27-19(22-23)17-10-5-11-28-17)21-14-6-4-9-16(12-14)26-15-7-2-1-3-8-15/h1-12H,13H2,(H,21,24). The third kappa shape index (κ3) is 4.18. The molecule has 1 amide bonds. The maximum Gasteiger partial charge on any atom is 0.437 e. The molecule has 1 N–H and O–H groups in total. The van der Waals surface area contributed by atoms with E-state index < -0.39 is 11.7 Å². The molecule has 0 aliphatic carbocycles. The van der Waals surface area contributed by atoms with Gasteiger partial charge < -0.3 is 14.5 Å². The van der Waals surface area contributed by atoms with Gasteiger partial charge in [-0.15, -0.1) is 16.4 Å². The van der Waals surface area contributed by atoms with Gasteiger partial charge in [0.1, 0.15) is 18.0 Å². The van der Waals surface area contributed by atoms with Crippen molar-refractivity contribution >= 4 is 22.9 Å². The first-order valence-corrected chi connectivity index (χ1v) is 9.30. The SMILES string of the molecule is O=C(Cn1nc(-c2cccs2)oc1=O)Nc1cccc(Oc2ccccc2)c1. The molecule has 0 saturated carbocycles. The maximum atomic E-state index is 12.3. The van der Waals surface area contributed by atoms with Crippen LogP contribution in [-0.4, -0.2) is 15.7 Å². The molecule has 4 rings (SSSR count). The lowest BCUT2D eigenvalue weighted by Crippen LogP contribution is -2.25. The molecule has 2 aromatic heterocycles. The Kier molecular flexibility index (Phi) is 5.03. The molecule has 8 heteroatoms. The van der Waals surface area contributed by atoms with E-state index in [9.17, 15) is 9.59 Å². The third-order valence-corrected chi connectivity index (χ3v) is 4.59. The zero-order valence-corrected chi connectivity index (χ0v) is 15.4. The van der Waals surface area contributed by atoms with Crippen LogP contribution in [0, 0.1) is 0 Å². The number of nitrogens with one attached hydrogen (secondary N) is 1. The van der Waals surface area contributed by atoms with Crippen molar-refractivity contribution in [3.05, 3.63) is 82.7 Å². The highest BCUT2D eigenvalue weighted by Crippen LogP contribution is 2.24. The second kappa shape index (κ2) is 7.93. The molecule has 2 aromatic carbocycles. The van der Waals surface area contributed by atoms with E-state index in [1.165, 1.54) is 11.3 Å². The minimum absolute atomic E-state index is 0.200. The number of ether oxygens (including phenoxy) is 1. The topological polar surface area (TPSA) is 86.4 Å². The van der Waals surface area contributed by atoms with Crippen LogP contribution in [0.2, 0.25) is 0 Å². The van der Waals surface area contributed by atoms with Crippen molar-refractivity contribution in [2.24, 2.45) is 0 Å². The summed E-state index contributed by atoms with van der Waals surface area (Å²) in [7, 11) is 0. The number of thiophene rings is 1. The van der Waals surface area contributed by atoms with Crippen LogP contribution in [-0.2, 0) is 11.3 Å². The number of carbonyl (C=O) groups excluding carboxylic acids is 1. The van der Waals surface area contributed by atoms with E-state index in [0.717, 1.165) is 9.56 Å². The Labute approximate surface area is 163 Å². The van der Waals surface area contributed by atoms with E-state index >= 15 is 0 Å². The number of nitrogens with zero attached hydrogens (tertiary/aromatic N) is 2. The molecule has 0 unspecified atom stereocenters. The van der Waals surface area contributed by atoms with E-state index in [1.54, 1.807) is 30.3 Å². The second-order valence-corrected chi connectivity index (χ2v) is 6.75. The van der Waals surface area contributed by atoms with Crippen LogP contribution in [0.4, 0.5) is 5.69 Å². The van der Waals surface area contributed by atoms with E-state index in [2.05, 4.69) is 10.4 Å². The number of amides is 1. The van der Waals surface area contributed by atoms with Crippen molar-refractivity contribution in [3.8, 4) is 22.3 Å². The molecule has 0 aliphatic heterocycles. The fraction of sp³-hybridized carbons (Fsp3) is 0.0500. The molecule has 0 spiro atoms. The lowest BCUT2D eigenvalue weighted by Gasteiger charge is -2.08. The Hall–Kier alpha value is -3.65. The largest absolute Gasteiger partial charge is 0.457 e. The van der Waals surface area contributed by atoms with Crippen LogP contribution < -0.4 is 15.8 Å². The molecule has 2 heterocycles. The van der Waals surface area contributed by atoms with Crippen LogP contribution in [0.15, 0.2) is 81.3 Å². The predicted molar refractivity (Wildman–Crippen MR) is 106 cm³/mol. The van der Waals surface area contributed by atoms with Crippen molar-refractivity contribution in [1.29, 1.82) is 0 Å². The van der Waals surface area contributed by atoms with Gasteiger partial charge in [0.15, 0.2) is 0 Å². The Balaban J connectivity index is 1.43. The van der Waals surface area contributed by atoms with Gasteiger partial charge in [-0.3, -0.25) is 4.79 Å². The summed E-state index contributed by atoms with van der Waals surface area (Å²) in [5, 5.41) is 8.65. The van der Waals surface area contributed by atoms with Gasteiger partial charge in [-0.1, -0.05) is 30.3 Å². The summed E-state index contributed by atoms with van der Waals surface area (Å²) in [5.74, 6) is 0.402. The summed E-state index contributed by atoms with van der Waals surface area (Å²) in [4.78, 5) is 25.0. The number of carbonyl (C=O) groups is 1. The van der Waals surface area contributed by atoms with Gasteiger partial charge in [-0.25, -0.2) is 4.79 Å². The van der Waals surface area contributed by atoms with E-state index in [-0.39, 0.29) is 12.4 Å². The average Bonchev–Trinajstić information content (AvgIpc) is 3.33. The summed E-state index contributed by atoms with van der Waals surface area (Å²) in [6.45, 7) is -0.253. The summed E-state index contributed by atoms with van der Waals surface area (Å²) in [6.07, 6.45) is 0. The number of rotatable bonds is 6. The lowest BCUT2D eigenvalue weighted by atomic mass is 10.3. The van der Waals surface area contributed by atoms with Gasteiger partial charge in [-0.2, -0.15) is 4.68 Å². The van der Waals surface area contributed by atoms with Gasteiger partial charge in [0.05, 0.1) is 4.88 Å². The number of anilines is 1. The molecule has 4 aromatic rings. The Morgan fingerprint density at radius 3 is 2.68 bits per heavy atom. The molecule has 0 radical (unpaired) electrons. The van der Waals surface area contributed by atoms with E-state index in [4.69, 9.17) is 9.15 Å². The molecule has 0 fully saturated rings. The lowest BCUT2D eigenvalue weighted by molar-refractivity contribution is -0.117. The van der Waals surface area contributed by atoms with Crippen molar-refractivity contribution in [3.63, 3.8) is 0 Å². The molecule has 0 saturated heterocycles. The fourth-order valence-corrected chi connectivity index (χ4v) is 3.15. The van der Waals surface area contributed by atoms with Crippen LogP contribution in [0.1, 0.15) is 0 Å². The molecular formula is C20H15N3O4S. The molecule has 0 bridgehead atoms. The smallest absolute Gasteiger partial charge is 0.437 e. The zero-order valence-electron chi connectivity index (χ0n) is 14.6. The number of benzene rings is 2. The molecule has 140 valence electrons. The number of aromatic nitrogens is 2. The van der Waals surface area contributed by atoms with Gasteiger partial charge in [0.25, 0.3) is 5.89 Å². The van der Waals surface area contributed by atoms with Crippen LogP contribution in [0.5, 0.6) is 11.5 Å². The van der Waals surface area contributed by atoms with Crippen molar-refractivity contribution in [2.45, 2.75) is 6.54 Å². The van der Waals surface area contributed by atoms with E-state index in [0.29, 0.717) is 17.2 Å². The Morgan fingerprint density at radius 1 is 1.07 bits per heavy atom. The van der Waals surface area contributed by atoms with Crippen molar-refractivity contribution in [2.75, 3.05) is 5.32 Å². The zero-order chi connectivity index (χ0) is 19.3. The van der Waals surface area contributed by atoms with Gasteiger partial charge in [0.2, 0.25) is 5.91 Å². The molecular weight excluding hydrogens is 378 g/mol. The predicted octanol–water partition coefficient (Wildman–Crippen LogP) is 4.00. The van der Waals surface area contributed by atoms with Gasteiger partial charge in [-0.05, 0) is 35.7 Å². The van der Waals surface area contributed by atoms with E-state index in [1.807, 2.05) is 41.8 Å². The summed E-state index contributed by atoms with van der Waals surface area (Å²) >= 11 is 1.40. The second-order valence-electron chi connectivity index (χ2n) is 5.80. The highest BCUT2D eigenvalue weighted by molar-refractivity contribution is 7.13. The first kappa shape index (κ1) is 17.7. The minimum atomic E-state index is -0.681. The number of para-hydroxylation sites is 1. The van der Waals surface area contributed by atoms with Crippen LogP contribution in [0.25, 0.3) is 10.8 Å². The Bertz CT molecular complexity index is 1130. The van der Waals surface area contributed by atoms with Gasteiger partial charge in [0, 0.05) is 11.8 Å². The summed E-state index contributed by atoms with van der Waals surface area (Å²) < 4.78 is 11.8. The summed E-state index contributed by atoms with van der Waals surface area (Å²) in [5.41, 5.74) is 0.549. The molecule has 0 aliphatic rings. The monoisotopic (exact) mass is 393 g/mol. The van der Waals surface area contributed by atoms with Crippen molar-refractivity contribution < 1.29 is 13.9 Å². The summed E-state index contributed by atoms with van der Waals surface area (Å²) in [6, 6.07) is 20.0. The van der Waals surface area contributed by atoms with Crippen LogP contribution in [0.3, 0.4) is 0 Å².